The molecule has 0 aromatic heterocycles. The Kier molecular flexibility index (Phi) is 4.19. The first kappa shape index (κ1) is 14.4. The molecule has 1 rings (SSSR count). The lowest BCUT2D eigenvalue weighted by atomic mass is 9.82. The van der Waals surface area contributed by atoms with Gasteiger partial charge in [-0.3, -0.25) is 4.79 Å². The Balaban J connectivity index is 2.93. The fourth-order valence-electron chi connectivity index (χ4n) is 2.32. The molecule has 1 saturated heterocycles. The van der Waals surface area contributed by atoms with Gasteiger partial charge in [-0.2, -0.15) is 0 Å². The minimum atomic E-state index is -3.25. The first-order chi connectivity index (χ1) is 7.77. The van der Waals surface area contributed by atoms with E-state index in [9.17, 15) is 18.3 Å². The van der Waals surface area contributed by atoms with Crippen LogP contribution in [0.5, 0.6) is 0 Å². The SMILES string of the molecule is CCC(CC)(CN1CC(C)CS1(=O)=O)C(=O)O. The topological polar surface area (TPSA) is 74.7 Å². The Bertz CT molecular complexity index is 386. The molecule has 1 aliphatic rings. The van der Waals surface area contributed by atoms with Crippen LogP contribution in [0.3, 0.4) is 0 Å². The van der Waals surface area contributed by atoms with Crippen molar-refractivity contribution in [3.63, 3.8) is 0 Å². The summed E-state index contributed by atoms with van der Waals surface area (Å²) in [7, 11) is -3.25. The van der Waals surface area contributed by atoms with Crippen molar-refractivity contribution in [2.75, 3.05) is 18.8 Å². The minimum absolute atomic E-state index is 0.0835. The number of carboxylic acids is 1. The quantitative estimate of drug-likeness (QED) is 0.807. The number of aliphatic carboxylic acids is 1. The lowest BCUT2D eigenvalue weighted by Gasteiger charge is -2.30. The maximum Gasteiger partial charge on any atom is 0.310 e. The van der Waals surface area contributed by atoms with E-state index in [-0.39, 0.29) is 18.2 Å². The van der Waals surface area contributed by atoms with Gasteiger partial charge in [0.25, 0.3) is 0 Å². The zero-order valence-corrected chi connectivity index (χ0v) is 11.5. The number of sulfonamides is 1. The summed E-state index contributed by atoms with van der Waals surface area (Å²) in [5.74, 6) is -0.687. The van der Waals surface area contributed by atoms with Crippen molar-refractivity contribution < 1.29 is 18.3 Å². The third kappa shape index (κ3) is 2.80. The van der Waals surface area contributed by atoms with Crippen LogP contribution in [0.2, 0.25) is 0 Å². The van der Waals surface area contributed by atoms with E-state index in [2.05, 4.69) is 0 Å². The average molecular weight is 263 g/mol. The van der Waals surface area contributed by atoms with Crippen molar-refractivity contribution in [1.29, 1.82) is 0 Å². The summed E-state index contributed by atoms with van der Waals surface area (Å²) in [4.78, 5) is 11.3. The van der Waals surface area contributed by atoms with Gasteiger partial charge in [0.05, 0.1) is 11.2 Å². The van der Waals surface area contributed by atoms with E-state index >= 15 is 0 Å². The Morgan fingerprint density at radius 3 is 2.24 bits per heavy atom. The first-order valence-electron chi connectivity index (χ1n) is 5.98. The molecule has 5 nitrogen and oxygen atoms in total. The zero-order valence-electron chi connectivity index (χ0n) is 10.6. The predicted molar refractivity (Wildman–Crippen MR) is 65.2 cm³/mol. The Labute approximate surface area is 103 Å². The number of rotatable bonds is 5. The van der Waals surface area contributed by atoms with Crippen LogP contribution in [0.4, 0.5) is 0 Å². The van der Waals surface area contributed by atoms with Gasteiger partial charge in [-0.15, -0.1) is 0 Å². The molecule has 0 aromatic carbocycles. The zero-order chi connectivity index (χ0) is 13.3. The fourth-order valence-corrected chi connectivity index (χ4v) is 4.28. The van der Waals surface area contributed by atoms with Gasteiger partial charge in [0.1, 0.15) is 0 Å². The molecule has 0 saturated carbocycles. The molecule has 6 heteroatoms. The maximum absolute atomic E-state index is 11.8. The summed E-state index contributed by atoms with van der Waals surface area (Å²) in [5, 5.41) is 9.30. The molecule has 0 amide bonds. The number of carboxylic acid groups (broad SMARTS) is 1. The van der Waals surface area contributed by atoms with E-state index in [4.69, 9.17) is 0 Å². The van der Waals surface area contributed by atoms with Crippen molar-refractivity contribution >= 4 is 16.0 Å². The molecule has 0 aliphatic carbocycles. The molecule has 1 aliphatic heterocycles. The van der Waals surface area contributed by atoms with Gasteiger partial charge >= 0.3 is 5.97 Å². The van der Waals surface area contributed by atoms with E-state index < -0.39 is 21.4 Å². The van der Waals surface area contributed by atoms with E-state index in [1.807, 2.05) is 6.92 Å². The standard InChI is InChI=1S/C11H21NO4S/c1-4-11(5-2,10(13)14)8-12-6-9(3)7-17(12,15)16/h9H,4-8H2,1-3H3,(H,13,14). The van der Waals surface area contributed by atoms with Crippen molar-refractivity contribution in [2.45, 2.75) is 33.6 Å². The van der Waals surface area contributed by atoms with Crippen LogP contribution in [0, 0.1) is 11.3 Å². The lowest BCUT2D eigenvalue weighted by Crippen LogP contribution is -2.43. The molecule has 0 bridgehead atoms. The van der Waals surface area contributed by atoms with E-state index in [0.717, 1.165) is 0 Å². The molecule has 1 unspecified atom stereocenters. The van der Waals surface area contributed by atoms with Gasteiger partial charge < -0.3 is 5.11 Å². The van der Waals surface area contributed by atoms with E-state index in [1.54, 1.807) is 13.8 Å². The van der Waals surface area contributed by atoms with Crippen LogP contribution in [-0.4, -0.2) is 42.6 Å². The summed E-state index contributed by atoms with van der Waals surface area (Å²) < 4.78 is 25.0. The Morgan fingerprint density at radius 1 is 1.41 bits per heavy atom. The number of carbonyl (C=O) groups is 1. The highest BCUT2D eigenvalue weighted by Gasteiger charge is 2.43. The van der Waals surface area contributed by atoms with Crippen LogP contribution in [-0.2, 0) is 14.8 Å². The van der Waals surface area contributed by atoms with Crippen LogP contribution in [0.1, 0.15) is 33.6 Å². The monoisotopic (exact) mass is 263 g/mol. The van der Waals surface area contributed by atoms with Crippen molar-refractivity contribution in [2.24, 2.45) is 11.3 Å². The normalized spacial score (nSPS) is 25.0. The van der Waals surface area contributed by atoms with Gasteiger partial charge in [-0.25, -0.2) is 12.7 Å². The molecular formula is C11H21NO4S. The molecule has 100 valence electrons. The van der Waals surface area contributed by atoms with Gasteiger partial charge in [0.15, 0.2) is 0 Å². The highest BCUT2D eigenvalue weighted by atomic mass is 32.2. The maximum atomic E-state index is 11.8. The van der Waals surface area contributed by atoms with Gasteiger partial charge in [-0.1, -0.05) is 20.8 Å². The summed E-state index contributed by atoms with van der Waals surface area (Å²) in [6.07, 6.45) is 0.887. The van der Waals surface area contributed by atoms with Gasteiger partial charge in [0.2, 0.25) is 10.0 Å². The molecule has 1 fully saturated rings. The molecule has 0 aromatic rings. The molecule has 1 N–H and O–H groups in total. The second kappa shape index (κ2) is 4.94. The molecule has 0 radical (unpaired) electrons. The molecular weight excluding hydrogens is 242 g/mol. The molecule has 0 spiro atoms. The summed E-state index contributed by atoms with van der Waals surface area (Å²) in [5.41, 5.74) is -0.947. The van der Waals surface area contributed by atoms with Crippen LogP contribution in [0.25, 0.3) is 0 Å². The van der Waals surface area contributed by atoms with Crippen molar-refractivity contribution in [3.05, 3.63) is 0 Å². The summed E-state index contributed by atoms with van der Waals surface area (Å²) in [6.45, 7) is 6.00. The number of nitrogens with zero attached hydrogens (tertiary/aromatic N) is 1. The fraction of sp³-hybridized carbons (Fsp3) is 0.909. The van der Waals surface area contributed by atoms with Crippen LogP contribution in [0.15, 0.2) is 0 Å². The summed E-state index contributed by atoms with van der Waals surface area (Å²) in [6, 6.07) is 0. The van der Waals surface area contributed by atoms with E-state index in [0.29, 0.717) is 19.4 Å². The Morgan fingerprint density at radius 2 is 1.94 bits per heavy atom. The average Bonchev–Trinajstić information content (AvgIpc) is 2.47. The highest BCUT2D eigenvalue weighted by molar-refractivity contribution is 7.89. The largest absolute Gasteiger partial charge is 0.481 e. The predicted octanol–water partition coefficient (Wildman–Crippen LogP) is 1.16. The number of hydrogen-bond donors (Lipinski definition) is 1. The van der Waals surface area contributed by atoms with Crippen LogP contribution < -0.4 is 0 Å². The minimum Gasteiger partial charge on any atom is -0.481 e. The van der Waals surface area contributed by atoms with Gasteiger partial charge in [-0.05, 0) is 18.8 Å². The lowest BCUT2D eigenvalue weighted by molar-refractivity contribution is -0.150. The molecule has 1 atom stereocenters. The van der Waals surface area contributed by atoms with Crippen LogP contribution >= 0.6 is 0 Å². The van der Waals surface area contributed by atoms with Crippen molar-refractivity contribution in [3.8, 4) is 0 Å². The van der Waals surface area contributed by atoms with E-state index in [1.165, 1.54) is 4.31 Å². The second-order valence-electron chi connectivity index (χ2n) is 4.97. The highest BCUT2D eigenvalue weighted by Crippen LogP contribution is 2.31. The van der Waals surface area contributed by atoms with Gasteiger partial charge in [0, 0.05) is 13.1 Å². The number of hydrogen-bond acceptors (Lipinski definition) is 3. The second-order valence-corrected chi connectivity index (χ2v) is 6.98. The molecule has 1 heterocycles. The Hall–Kier alpha value is -0.620. The first-order valence-corrected chi connectivity index (χ1v) is 7.59. The van der Waals surface area contributed by atoms with Crippen molar-refractivity contribution in [1.82, 2.24) is 4.31 Å². The smallest absolute Gasteiger partial charge is 0.310 e. The molecule has 17 heavy (non-hydrogen) atoms. The third-order valence-corrected chi connectivity index (χ3v) is 5.75. The summed E-state index contributed by atoms with van der Waals surface area (Å²) >= 11 is 0. The third-order valence-electron chi connectivity index (χ3n) is 3.69.